The number of nitrogens with zero attached hydrogens (tertiary/aromatic N) is 2. The number of methoxy groups -OCH3 is 1. The molecule has 10 heteroatoms. The molecule has 0 radical (unpaired) electrons. The number of carbonyl (C=O) groups excluding carboxylic acids is 2. The number of carbonyl (C=O) groups is 2. The summed E-state index contributed by atoms with van der Waals surface area (Å²) in [5.74, 6) is 1.90. The number of nitrogens with one attached hydrogen (secondary N) is 3. The maximum absolute atomic E-state index is 13.3. The molecule has 3 N–H and O–H groups in total. The van der Waals surface area contributed by atoms with Gasteiger partial charge < -0.3 is 29.8 Å². The molecule has 38 heavy (non-hydrogen) atoms. The molecular weight excluding hydrogens is 486 g/mol. The van der Waals surface area contributed by atoms with Gasteiger partial charge in [0.2, 0.25) is 0 Å². The van der Waals surface area contributed by atoms with Gasteiger partial charge in [-0.3, -0.25) is 14.5 Å². The summed E-state index contributed by atoms with van der Waals surface area (Å²) >= 11 is 0. The first-order valence-corrected chi connectivity index (χ1v) is 12.8. The number of likely N-dealkylation sites (tertiary alicyclic amines) is 1. The summed E-state index contributed by atoms with van der Waals surface area (Å²) < 4.78 is 17.5. The summed E-state index contributed by atoms with van der Waals surface area (Å²) in [6.45, 7) is 6.18. The molecule has 2 aromatic carbocycles. The van der Waals surface area contributed by atoms with Crippen LogP contribution in [0.5, 0.6) is 17.2 Å². The number of hydrogen-bond acceptors (Lipinski definition) is 7. The standard InChI is InChI=1S/C28H33N5O5/c1-4-26-30-17(2)21(31-26)13-33-14-22-25(15-33)38-20-8-5-18(6-9-20)12-29-27(34)16-37-24-11-19(28(35)32-22)7-10-23(24)36-3/h5-11,22,25H,4,12-16H2,1-3H3,(H,29,34)(H,30,31)(H,32,35)/t22-,25-/m0/s1. The fraction of sp³-hybridized carbons (Fsp3) is 0.393. The van der Waals surface area contributed by atoms with E-state index in [9.17, 15) is 9.59 Å². The first-order valence-electron chi connectivity index (χ1n) is 12.8. The molecule has 0 spiro atoms. The first kappa shape index (κ1) is 25.6. The first-order chi connectivity index (χ1) is 18.4. The van der Waals surface area contributed by atoms with Gasteiger partial charge in [0.15, 0.2) is 18.1 Å². The number of amides is 2. The van der Waals surface area contributed by atoms with Crippen LogP contribution in [0.4, 0.5) is 0 Å². The van der Waals surface area contributed by atoms with Crippen LogP contribution in [0.2, 0.25) is 0 Å². The van der Waals surface area contributed by atoms with Gasteiger partial charge in [0.25, 0.3) is 11.8 Å². The molecule has 3 aliphatic rings. The smallest absolute Gasteiger partial charge is 0.258 e. The Kier molecular flexibility index (Phi) is 7.50. The van der Waals surface area contributed by atoms with Gasteiger partial charge in [-0.25, -0.2) is 4.98 Å². The van der Waals surface area contributed by atoms with Gasteiger partial charge in [0.1, 0.15) is 17.7 Å². The van der Waals surface area contributed by atoms with E-state index in [4.69, 9.17) is 19.2 Å². The van der Waals surface area contributed by atoms with E-state index in [2.05, 4.69) is 27.4 Å². The molecule has 4 heterocycles. The summed E-state index contributed by atoms with van der Waals surface area (Å²) in [4.78, 5) is 36.0. The summed E-state index contributed by atoms with van der Waals surface area (Å²) in [6.07, 6.45) is 0.581. The van der Waals surface area contributed by atoms with E-state index >= 15 is 0 Å². The predicted molar refractivity (Wildman–Crippen MR) is 140 cm³/mol. The van der Waals surface area contributed by atoms with Crippen LogP contribution < -0.4 is 24.8 Å². The molecule has 6 rings (SSSR count). The van der Waals surface area contributed by atoms with E-state index in [1.165, 1.54) is 7.11 Å². The average molecular weight is 520 g/mol. The Morgan fingerprint density at radius 3 is 2.68 bits per heavy atom. The molecule has 2 atom stereocenters. The van der Waals surface area contributed by atoms with Crippen molar-refractivity contribution in [3.05, 3.63) is 70.8 Å². The van der Waals surface area contributed by atoms with Crippen molar-refractivity contribution in [1.82, 2.24) is 25.5 Å². The van der Waals surface area contributed by atoms with Crippen LogP contribution in [0.1, 0.15) is 40.1 Å². The highest BCUT2D eigenvalue weighted by Crippen LogP contribution is 2.29. The minimum atomic E-state index is -0.278. The van der Waals surface area contributed by atoms with Crippen LogP contribution in [0.25, 0.3) is 0 Å². The zero-order valence-electron chi connectivity index (χ0n) is 21.9. The minimum absolute atomic E-state index is 0.200. The van der Waals surface area contributed by atoms with Crippen molar-refractivity contribution in [3.8, 4) is 17.2 Å². The number of benzene rings is 2. The molecule has 0 aliphatic carbocycles. The molecule has 3 aromatic rings. The number of hydrogen-bond donors (Lipinski definition) is 3. The number of aromatic amines is 1. The summed E-state index contributed by atoms with van der Waals surface area (Å²) in [6, 6.07) is 12.3. The second kappa shape index (κ2) is 11.1. The number of imidazole rings is 1. The Morgan fingerprint density at radius 2 is 1.95 bits per heavy atom. The van der Waals surface area contributed by atoms with Crippen molar-refractivity contribution in [3.63, 3.8) is 0 Å². The largest absolute Gasteiger partial charge is 0.493 e. The van der Waals surface area contributed by atoms with Gasteiger partial charge in [0, 0.05) is 43.9 Å². The highest BCUT2D eigenvalue weighted by Gasteiger charge is 2.36. The molecule has 3 aliphatic heterocycles. The Balaban J connectivity index is 1.42. The van der Waals surface area contributed by atoms with Gasteiger partial charge in [-0.15, -0.1) is 0 Å². The number of rotatable bonds is 4. The van der Waals surface area contributed by atoms with Crippen molar-refractivity contribution in [1.29, 1.82) is 0 Å². The topological polar surface area (TPSA) is 118 Å². The second-order valence-electron chi connectivity index (χ2n) is 9.61. The molecule has 4 bridgehead atoms. The van der Waals surface area contributed by atoms with Gasteiger partial charge >= 0.3 is 0 Å². The van der Waals surface area contributed by atoms with Crippen LogP contribution in [0.3, 0.4) is 0 Å². The molecule has 200 valence electrons. The lowest BCUT2D eigenvalue weighted by Gasteiger charge is -2.21. The minimum Gasteiger partial charge on any atom is -0.493 e. The van der Waals surface area contributed by atoms with Crippen molar-refractivity contribution in [2.75, 3.05) is 26.8 Å². The van der Waals surface area contributed by atoms with Crippen LogP contribution in [0.15, 0.2) is 42.5 Å². The zero-order chi connectivity index (χ0) is 26.6. The predicted octanol–water partition coefficient (Wildman–Crippen LogP) is 2.36. The Bertz CT molecular complexity index is 1310. The Labute approximate surface area is 221 Å². The SMILES string of the molecule is CCc1nc(CN2C[C@@H]3NC(=O)c4ccc(OC)c(c4)OCC(=O)NCc4ccc(cc4)O[C@H]3C2)c(C)[nH]1. The molecule has 1 aromatic heterocycles. The van der Waals surface area contributed by atoms with Gasteiger partial charge in [0.05, 0.1) is 18.8 Å². The number of ether oxygens (including phenoxy) is 3. The third kappa shape index (κ3) is 5.75. The quantitative estimate of drug-likeness (QED) is 0.484. The maximum Gasteiger partial charge on any atom is 0.258 e. The third-order valence-electron chi connectivity index (χ3n) is 6.89. The fourth-order valence-corrected chi connectivity index (χ4v) is 4.77. The van der Waals surface area contributed by atoms with Crippen LogP contribution in [-0.2, 0) is 24.3 Å². The van der Waals surface area contributed by atoms with Crippen molar-refractivity contribution in [2.45, 2.75) is 45.5 Å². The van der Waals surface area contributed by atoms with Gasteiger partial charge in [-0.1, -0.05) is 19.1 Å². The van der Waals surface area contributed by atoms with E-state index in [0.29, 0.717) is 49.0 Å². The van der Waals surface area contributed by atoms with E-state index < -0.39 is 0 Å². The third-order valence-corrected chi connectivity index (χ3v) is 6.89. The lowest BCUT2D eigenvalue weighted by molar-refractivity contribution is -0.123. The number of aromatic nitrogens is 2. The molecule has 1 saturated heterocycles. The number of fused-ring (bicyclic) bond motifs is 7. The van der Waals surface area contributed by atoms with E-state index in [-0.39, 0.29) is 30.6 Å². The summed E-state index contributed by atoms with van der Waals surface area (Å²) in [5.41, 5.74) is 3.41. The fourth-order valence-electron chi connectivity index (χ4n) is 4.77. The number of H-pyrrole nitrogens is 1. The second-order valence-corrected chi connectivity index (χ2v) is 9.61. The molecule has 0 saturated carbocycles. The summed E-state index contributed by atoms with van der Waals surface area (Å²) in [5, 5.41) is 6.00. The number of aryl methyl sites for hydroxylation is 2. The Morgan fingerprint density at radius 1 is 1.13 bits per heavy atom. The Hall–Kier alpha value is -4.05. The normalized spacial score (nSPS) is 20.1. The van der Waals surface area contributed by atoms with Crippen LogP contribution >= 0.6 is 0 Å². The zero-order valence-corrected chi connectivity index (χ0v) is 21.9. The van der Waals surface area contributed by atoms with E-state index in [1.807, 2.05) is 31.2 Å². The molecular formula is C28H33N5O5. The van der Waals surface area contributed by atoms with Gasteiger partial charge in [-0.05, 0) is 42.8 Å². The van der Waals surface area contributed by atoms with Crippen LogP contribution in [-0.4, -0.2) is 65.6 Å². The van der Waals surface area contributed by atoms with E-state index in [1.54, 1.807) is 18.2 Å². The summed E-state index contributed by atoms with van der Waals surface area (Å²) in [7, 11) is 1.51. The monoisotopic (exact) mass is 519 g/mol. The molecule has 2 amide bonds. The van der Waals surface area contributed by atoms with Crippen molar-refractivity contribution >= 4 is 11.8 Å². The van der Waals surface area contributed by atoms with E-state index in [0.717, 1.165) is 29.2 Å². The highest BCUT2D eigenvalue weighted by atomic mass is 16.5. The highest BCUT2D eigenvalue weighted by molar-refractivity contribution is 5.95. The molecule has 10 nitrogen and oxygen atoms in total. The van der Waals surface area contributed by atoms with Crippen molar-refractivity contribution in [2.24, 2.45) is 0 Å². The lowest BCUT2D eigenvalue weighted by Crippen LogP contribution is -2.45. The lowest BCUT2D eigenvalue weighted by atomic mass is 10.1. The maximum atomic E-state index is 13.3. The van der Waals surface area contributed by atoms with Crippen LogP contribution in [0, 0.1) is 6.92 Å². The average Bonchev–Trinajstić information content (AvgIpc) is 3.47. The van der Waals surface area contributed by atoms with Crippen molar-refractivity contribution < 1.29 is 23.8 Å². The van der Waals surface area contributed by atoms with Gasteiger partial charge in [-0.2, -0.15) is 0 Å². The molecule has 0 unspecified atom stereocenters. The molecule has 1 fully saturated rings.